The first-order valence-corrected chi connectivity index (χ1v) is 17.4. The third-order valence-electron chi connectivity index (χ3n) is 7.50. The first kappa shape index (κ1) is 45.2. The molecule has 0 radical (unpaired) electrons. The molecule has 1 aliphatic heterocycles. The Kier molecular flexibility index (Phi) is 19.3. The van der Waals surface area contributed by atoms with Gasteiger partial charge in [-0.1, -0.05) is 13.8 Å². The van der Waals surface area contributed by atoms with E-state index in [2.05, 4.69) is 67.5 Å². The lowest BCUT2D eigenvalue weighted by Gasteiger charge is -2.28. The summed E-state index contributed by atoms with van der Waals surface area (Å²) in [7, 11) is 0. The number of amides is 7. The molecule has 1 aliphatic rings. The summed E-state index contributed by atoms with van der Waals surface area (Å²) >= 11 is 8.23. The van der Waals surface area contributed by atoms with Gasteiger partial charge in [-0.25, -0.2) is 0 Å². The Labute approximate surface area is 310 Å². The van der Waals surface area contributed by atoms with Crippen LogP contribution in [0.15, 0.2) is 4.99 Å². The normalized spacial score (nSPS) is 25.9. The maximum absolute atomic E-state index is 13.6. The number of nitrogens with two attached hydrogens (primary N) is 2. The van der Waals surface area contributed by atoms with Gasteiger partial charge in [0.05, 0.1) is 6.42 Å². The van der Waals surface area contributed by atoms with Crippen molar-refractivity contribution in [1.29, 1.82) is 0 Å². The zero-order valence-electron chi connectivity index (χ0n) is 28.8. The number of aliphatic carboxylic acids is 2. The Hall–Kier alpha value is -4.80. The molecule has 13 N–H and O–H groups in total. The molecule has 1 heterocycles. The second-order valence-electron chi connectivity index (χ2n) is 12.1. The lowest BCUT2D eigenvalue weighted by atomic mass is 10.0. The first-order valence-electron chi connectivity index (χ1n) is 16.1. The molecule has 292 valence electrons. The summed E-state index contributed by atoms with van der Waals surface area (Å²) in [4.78, 5) is 120. The lowest BCUT2D eigenvalue weighted by Crippen LogP contribution is -2.60. The second-order valence-corrected chi connectivity index (χ2v) is 12.8. The van der Waals surface area contributed by atoms with E-state index in [1.165, 1.54) is 6.92 Å². The average molecular weight is 777 g/mol. The molecule has 0 bridgehead atoms. The highest BCUT2D eigenvalue weighted by Crippen LogP contribution is 2.09. The molecule has 1 fully saturated rings. The molecule has 0 aromatic heterocycles. The van der Waals surface area contributed by atoms with Crippen LogP contribution in [-0.2, 0) is 43.2 Å². The van der Waals surface area contributed by atoms with E-state index < -0.39 is 121 Å². The van der Waals surface area contributed by atoms with Crippen LogP contribution in [0.2, 0.25) is 0 Å². The predicted octanol–water partition coefficient (Wildman–Crippen LogP) is -4.68. The van der Waals surface area contributed by atoms with E-state index in [1.54, 1.807) is 13.8 Å². The minimum absolute atomic E-state index is 0.0569. The number of carbonyl (C=O) groups is 9. The van der Waals surface area contributed by atoms with Crippen molar-refractivity contribution in [3.8, 4) is 0 Å². The fourth-order valence-electron chi connectivity index (χ4n) is 4.62. The van der Waals surface area contributed by atoms with Gasteiger partial charge in [-0.3, -0.25) is 48.1 Å². The molecule has 21 nitrogen and oxygen atoms in total. The van der Waals surface area contributed by atoms with Gasteiger partial charge < -0.3 is 58.9 Å². The van der Waals surface area contributed by atoms with Crippen LogP contribution in [0.1, 0.15) is 52.9 Å². The Bertz CT molecular complexity index is 1380. The molecule has 52 heavy (non-hydrogen) atoms. The van der Waals surface area contributed by atoms with Gasteiger partial charge in [0.15, 0.2) is 5.96 Å². The summed E-state index contributed by atoms with van der Waals surface area (Å²) in [5.41, 5.74) is 10.7. The number of thiol groups is 2. The highest BCUT2D eigenvalue weighted by atomic mass is 32.1. The quantitative estimate of drug-likeness (QED) is 0.0384. The molecule has 0 aliphatic carbocycles. The van der Waals surface area contributed by atoms with Crippen LogP contribution < -0.4 is 48.7 Å². The lowest BCUT2D eigenvalue weighted by molar-refractivity contribution is -0.142. The van der Waals surface area contributed by atoms with E-state index in [4.69, 9.17) is 11.5 Å². The van der Waals surface area contributed by atoms with Crippen molar-refractivity contribution in [2.24, 2.45) is 22.4 Å². The van der Waals surface area contributed by atoms with Gasteiger partial charge in [0.1, 0.15) is 42.3 Å². The number of guanidine groups is 1. The van der Waals surface area contributed by atoms with Gasteiger partial charge in [0.2, 0.25) is 41.4 Å². The predicted molar refractivity (Wildman–Crippen MR) is 191 cm³/mol. The summed E-state index contributed by atoms with van der Waals surface area (Å²) in [5, 5.41) is 35.3. The van der Waals surface area contributed by atoms with Crippen molar-refractivity contribution >= 4 is 84.5 Å². The summed E-state index contributed by atoms with van der Waals surface area (Å²) < 4.78 is 0. The van der Waals surface area contributed by atoms with E-state index in [1.807, 2.05) is 0 Å². The summed E-state index contributed by atoms with van der Waals surface area (Å²) in [6.07, 6.45) is -1.88. The summed E-state index contributed by atoms with van der Waals surface area (Å²) in [6, 6.07) is -10.2. The summed E-state index contributed by atoms with van der Waals surface area (Å²) in [6.45, 7) is 4.35. The highest BCUT2D eigenvalue weighted by molar-refractivity contribution is 7.80. The van der Waals surface area contributed by atoms with Crippen molar-refractivity contribution in [2.75, 3.05) is 18.1 Å². The van der Waals surface area contributed by atoms with Gasteiger partial charge >= 0.3 is 11.9 Å². The van der Waals surface area contributed by atoms with E-state index >= 15 is 0 Å². The number of carboxylic acid groups (broad SMARTS) is 2. The minimum Gasteiger partial charge on any atom is -0.481 e. The number of rotatable bonds is 12. The van der Waals surface area contributed by atoms with Crippen molar-refractivity contribution in [3.05, 3.63) is 0 Å². The Morgan fingerprint density at radius 2 is 1.10 bits per heavy atom. The number of aliphatic imine (C=N–C) groups is 1. The van der Waals surface area contributed by atoms with Gasteiger partial charge in [-0.15, -0.1) is 0 Å². The van der Waals surface area contributed by atoms with Crippen LogP contribution in [0.5, 0.6) is 0 Å². The molecule has 1 saturated heterocycles. The maximum Gasteiger partial charge on any atom is 0.305 e. The third kappa shape index (κ3) is 15.6. The number of nitrogens with zero attached hydrogens (tertiary/aromatic N) is 1. The van der Waals surface area contributed by atoms with Crippen LogP contribution in [0.25, 0.3) is 0 Å². The molecule has 0 saturated carbocycles. The minimum atomic E-state index is -1.75. The van der Waals surface area contributed by atoms with Gasteiger partial charge in [-0.05, 0) is 32.1 Å². The molecule has 1 rings (SSSR count). The maximum atomic E-state index is 13.6. The van der Waals surface area contributed by atoms with Crippen molar-refractivity contribution in [3.63, 3.8) is 0 Å². The zero-order valence-corrected chi connectivity index (χ0v) is 30.6. The Morgan fingerprint density at radius 3 is 1.58 bits per heavy atom. The third-order valence-corrected chi connectivity index (χ3v) is 8.23. The fourth-order valence-corrected chi connectivity index (χ4v) is 5.14. The number of hydrogen-bond acceptors (Lipinski definition) is 12. The molecule has 23 heteroatoms. The van der Waals surface area contributed by atoms with Crippen molar-refractivity contribution in [1.82, 2.24) is 37.2 Å². The summed E-state index contributed by atoms with van der Waals surface area (Å²) in [5.74, 6) is -11.0. The van der Waals surface area contributed by atoms with E-state index in [0.717, 1.165) is 0 Å². The average Bonchev–Trinajstić information content (AvgIpc) is 3.05. The first-order chi connectivity index (χ1) is 24.3. The standard InChI is InChI=1S/C29H48N10O11S2/c1-12(2)21-28(50)36-16(9-20(42)43)25(47)33-13(3)22(44)34-15(6-7-19(40)41)23(45)37-18(11-52)27(49)38-17(10-51)26(48)35-14(24(46)39-21)5-4-8-32-29(30)31/h12-18,21,51-52H,4-11H2,1-3H3,(H,33,47)(H,34,44)(H,35,48)(H,36,50)(H,37,45)(H,38,49)(H,39,46)(H,40,41)(H,42,43)(H4,30,31,32)/t13-,14-,15-,16-,17-,18-,21-/m0/s1. The molecular weight excluding hydrogens is 729 g/mol. The van der Waals surface area contributed by atoms with Crippen LogP contribution in [0.3, 0.4) is 0 Å². The number of hydrogen-bond donors (Lipinski definition) is 13. The van der Waals surface area contributed by atoms with Gasteiger partial charge in [0.25, 0.3) is 0 Å². The molecular formula is C29H48N10O11S2. The van der Waals surface area contributed by atoms with Crippen LogP contribution in [0.4, 0.5) is 0 Å². The number of carbonyl (C=O) groups excluding carboxylic acids is 7. The zero-order chi connectivity index (χ0) is 39.7. The molecule has 0 unspecified atom stereocenters. The monoisotopic (exact) mass is 776 g/mol. The molecule has 0 spiro atoms. The Balaban J connectivity index is 3.68. The molecule has 7 amide bonds. The second kappa shape index (κ2) is 22.2. The van der Waals surface area contributed by atoms with E-state index in [-0.39, 0.29) is 36.9 Å². The molecule has 0 aromatic carbocycles. The van der Waals surface area contributed by atoms with Crippen LogP contribution in [0, 0.1) is 5.92 Å². The number of carboxylic acids is 2. The highest BCUT2D eigenvalue weighted by Gasteiger charge is 2.35. The number of nitrogens with one attached hydrogen (secondary N) is 7. The smallest absolute Gasteiger partial charge is 0.305 e. The van der Waals surface area contributed by atoms with E-state index in [0.29, 0.717) is 0 Å². The van der Waals surface area contributed by atoms with E-state index in [9.17, 15) is 53.4 Å². The SMILES string of the molecule is CC(C)[C@@H]1NC(=O)[C@H](CCCN=C(N)N)NC(=O)[C@H](CS)NC(=O)[C@H](CS)NC(=O)[C@H](CCC(=O)O)NC(=O)[C@H](C)NC(=O)[C@H](CC(=O)O)NC1=O. The van der Waals surface area contributed by atoms with Crippen molar-refractivity contribution < 1.29 is 53.4 Å². The van der Waals surface area contributed by atoms with Gasteiger partial charge in [-0.2, -0.15) is 25.3 Å². The largest absolute Gasteiger partial charge is 0.481 e. The molecule has 0 aromatic rings. The van der Waals surface area contributed by atoms with Crippen LogP contribution in [-0.4, -0.2) is 130 Å². The topological polar surface area (TPSA) is 343 Å². The Morgan fingerprint density at radius 1 is 0.654 bits per heavy atom. The van der Waals surface area contributed by atoms with Crippen LogP contribution >= 0.6 is 25.3 Å². The van der Waals surface area contributed by atoms with Gasteiger partial charge in [0, 0.05) is 24.5 Å². The van der Waals surface area contributed by atoms with Crippen molar-refractivity contribution in [2.45, 2.75) is 95.2 Å². The fraction of sp³-hybridized carbons (Fsp3) is 0.655. The molecule has 7 atom stereocenters.